The van der Waals surface area contributed by atoms with Gasteiger partial charge in [-0.05, 0) is 89.9 Å². The fourth-order valence-corrected chi connectivity index (χ4v) is 5.39. The van der Waals surface area contributed by atoms with Gasteiger partial charge in [-0.3, -0.25) is 9.59 Å². The van der Waals surface area contributed by atoms with Crippen LogP contribution in [0.1, 0.15) is 117 Å². The molecular weight excluding hydrogens is 725 g/mol. The molecule has 0 saturated carbocycles. The number of carbonyl (C=O) groups excluding carboxylic acids is 2. The first-order valence-corrected chi connectivity index (χ1v) is 21.0. The van der Waals surface area contributed by atoms with Gasteiger partial charge >= 0.3 is 11.9 Å². The number of unbranched alkanes of at least 4 members (excludes halogenated alkanes) is 3. The summed E-state index contributed by atoms with van der Waals surface area (Å²) in [4.78, 5) is 25.2. The predicted octanol–water partition coefficient (Wildman–Crippen LogP) is 8.55. The van der Waals surface area contributed by atoms with Crippen molar-refractivity contribution in [1.82, 2.24) is 0 Å². The van der Waals surface area contributed by atoms with Crippen molar-refractivity contribution in [3.8, 4) is 0 Å². The molecule has 1 aliphatic heterocycles. The maximum Gasteiger partial charge on any atom is 0.306 e. The van der Waals surface area contributed by atoms with Crippen LogP contribution < -0.4 is 0 Å². The highest BCUT2D eigenvalue weighted by molar-refractivity contribution is 5.70. The fraction of sp³-hybridized carbons (Fsp3) is 0.574. The molecule has 4 N–H and O–H groups in total. The number of ether oxygens (including phenoxy) is 4. The molecule has 1 rings (SSSR count). The summed E-state index contributed by atoms with van der Waals surface area (Å²) in [5, 5.41) is 40.0. The van der Waals surface area contributed by atoms with Crippen molar-refractivity contribution in [1.29, 1.82) is 0 Å². The molecule has 0 radical (unpaired) electrons. The minimum absolute atomic E-state index is 0.158. The van der Waals surface area contributed by atoms with Crippen LogP contribution in [0.25, 0.3) is 0 Å². The molecule has 10 heteroatoms. The Labute approximate surface area is 342 Å². The number of rotatable bonds is 32. The number of carbonyl (C=O) groups is 2. The van der Waals surface area contributed by atoms with E-state index in [1.54, 1.807) is 0 Å². The van der Waals surface area contributed by atoms with Crippen molar-refractivity contribution in [2.45, 2.75) is 153 Å². The van der Waals surface area contributed by atoms with Gasteiger partial charge in [-0.15, -0.1) is 0 Å². The second-order valence-electron chi connectivity index (χ2n) is 13.7. The molecule has 1 aliphatic rings. The van der Waals surface area contributed by atoms with Crippen LogP contribution in [0.4, 0.5) is 0 Å². The molecule has 6 atom stereocenters. The average molecular weight is 797 g/mol. The van der Waals surface area contributed by atoms with E-state index in [-0.39, 0.29) is 26.1 Å². The molecule has 57 heavy (non-hydrogen) atoms. The number of hydrogen-bond donors (Lipinski definition) is 4. The lowest BCUT2D eigenvalue weighted by Crippen LogP contribution is -2.59. The Hall–Kier alpha value is -3.64. The summed E-state index contributed by atoms with van der Waals surface area (Å²) >= 11 is 0. The third-order valence-electron chi connectivity index (χ3n) is 8.65. The molecule has 320 valence electrons. The van der Waals surface area contributed by atoms with E-state index in [0.29, 0.717) is 19.3 Å². The van der Waals surface area contributed by atoms with E-state index >= 15 is 0 Å². The predicted molar refractivity (Wildman–Crippen MR) is 228 cm³/mol. The van der Waals surface area contributed by atoms with Gasteiger partial charge in [0.15, 0.2) is 12.4 Å². The first-order valence-electron chi connectivity index (χ1n) is 21.0. The lowest BCUT2D eigenvalue weighted by Gasteiger charge is -2.39. The molecule has 1 fully saturated rings. The monoisotopic (exact) mass is 797 g/mol. The lowest BCUT2D eigenvalue weighted by molar-refractivity contribution is -0.305. The van der Waals surface area contributed by atoms with Crippen molar-refractivity contribution in [3.05, 3.63) is 109 Å². The summed E-state index contributed by atoms with van der Waals surface area (Å²) in [6.45, 7) is 3.06. The van der Waals surface area contributed by atoms with Crippen molar-refractivity contribution < 1.29 is 49.0 Å². The maximum absolute atomic E-state index is 12.7. The zero-order valence-corrected chi connectivity index (χ0v) is 34.5. The SMILES string of the molecule is CC/C=C\C/C=C\C/C=C\C/C=C\C/C=C\CCCC(=O)OC[C@H](CO[C@@H]1O[C@H](CO)[C@H](O)C(O)C1O)OC(=O)CCCC/C=C\C/C=C\C/C=C\C/C=C\CC. The Morgan fingerprint density at radius 2 is 0.982 bits per heavy atom. The summed E-state index contributed by atoms with van der Waals surface area (Å²) in [6, 6.07) is 0. The maximum atomic E-state index is 12.7. The van der Waals surface area contributed by atoms with E-state index in [4.69, 9.17) is 18.9 Å². The van der Waals surface area contributed by atoms with Gasteiger partial charge in [-0.2, -0.15) is 0 Å². The zero-order chi connectivity index (χ0) is 41.6. The second kappa shape index (κ2) is 36.7. The minimum atomic E-state index is -1.62. The van der Waals surface area contributed by atoms with Gasteiger partial charge in [-0.25, -0.2) is 0 Å². The van der Waals surface area contributed by atoms with Gasteiger partial charge in [-0.1, -0.05) is 123 Å². The van der Waals surface area contributed by atoms with E-state index in [0.717, 1.165) is 70.6 Å². The number of aliphatic hydroxyl groups excluding tert-OH is 4. The standard InChI is InChI=1S/C47H72O10/c1-3-5-7-9-11-13-15-17-19-20-22-23-25-27-29-31-33-35-42(49)54-38-40(39-55-47-46(53)45(52)44(51)41(37-48)57-47)56-43(50)36-34-32-30-28-26-24-21-18-16-14-12-10-8-6-4-2/h5-8,11-14,17-19,21-23,26-29,40-41,44-48,51-53H,3-4,9-10,15-16,20,24-25,30-39H2,1-2H3/b7-5-,8-6-,13-11-,14-12-,19-17-,21-18-,23-22-,28-26-,29-27-/t40-,41-,44+,45?,46?,47-/m1/s1. The normalized spacial score (nSPS) is 21.4. The van der Waals surface area contributed by atoms with Crippen LogP contribution in [0.15, 0.2) is 109 Å². The van der Waals surface area contributed by atoms with E-state index in [2.05, 4.69) is 117 Å². The highest BCUT2D eigenvalue weighted by Crippen LogP contribution is 2.22. The molecule has 1 heterocycles. The van der Waals surface area contributed by atoms with E-state index in [1.165, 1.54) is 0 Å². The van der Waals surface area contributed by atoms with Gasteiger partial charge < -0.3 is 39.4 Å². The topological polar surface area (TPSA) is 152 Å². The minimum Gasteiger partial charge on any atom is -0.462 e. The summed E-state index contributed by atoms with van der Waals surface area (Å²) in [7, 11) is 0. The summed E-state index contributed by atoms with van der Waals surface area (Å²) in [6.07, 6.45) is 42.5. The highest BCUT2D eigenvalue weighted by atomic mass is 16.7. The molecule has 1 saturated heterocycles. The van der Waals surface area contributed by atoms with Crippen LogP contribution in [-0.4, -0.2) is 89.0 Å². The largest absolute Gasteiger partial charge is 0.462 e. The first kappa shape index (κ1) is 51.4. The molecule has 0 aromatic rings. The van der Waals surface area contributed by atoms with Crippen LogP contribution in [0.2, 0.25) is 0 Å². The van der Waals surface area contributed by atoms with Gasteiger partial charge in [0.05, 0.1) is 13.2 Å². The molecule has 0 aromatic heterocycles. The Kier molecular flexibility index (Phi) is 33.1. The average Bonchev–Trinajstić information content (AvgIpc) is 3.21. The molecule has 10 nitrogen and oxygen atoms in total. The number of hydrogen-bond acceptors (Lipinski definition) is 10. The van der Waals surface area contributed by atoms with Crippen LogP contribution >= 0.6 is 0 Å². The van der Waals surface area contributed by atoms with Crippen molar-refractivity contribution in [2.75, 3.05) is 19.8 Å². The quantitative estimate of drug-likeness (QED) is 0.0296. The zero-order valence-electron chi connectivity index (χ0n) is 34.5. The Morgan fingerprint density at radius 3 is 1.46 bits per heavy atom. The Bertz CT molecular complexity index is 1290. The smallest absolute Gasteiger partial charge is 0.306 e. The van der Waals surface area contributed by atoms with E-state index in [9.17, 15) is 30.0 Å². The van der Waals surface area contributed by atoms with Crippen LogP contribution in [-0.2, 0) is 28.5 Å². The van der Waals surface area contributed by atoms with Crippen LogP contribution in [0.3, 0.4) is 0 Å². The van der Waals surface area contributed by atoms with Crippen LogP contribution in [0.5, 0.6) is 0 Å². The van der Waals surface area contributed by atoms with Gasteiger partial charge in [0, 0.05) is 12.8 Å². The third-order valence-corrected chi connectivity index (χ3v) is 8.65. The molecule has 2 unspecified atom stereocenters. The van der Waals surface area contributed by atoms with E-state index in [1.807, 2.05) is 6.08 Å². The summed E-state index contributed by atoms with van der Waals surface area (Å²) in [5.41, 5.74) is 0. The summed E-state index contributed by atoms with van der Waals surface area (Å²) < 4.78 is 22.0. The van der Waals surface area contributed by atoms with Crippen molar-refractivity contribution in [2.24, 2.45) is 0 Å². The Morgan fingerprint density at radius 1 is 0.544 bits per heavy atom. The Balaban J connectivity index is 2.45. The van der Waals surface area contributed by atoms with Crippen molar-refractivity contribution >= 4 is 11.9 Å². The van der Waals surface area contributed by atoms with Gasteiger partial charge in [0.25, 0.3) is 0 Å². The molecule has 0 spiro atoms. The third kappa shape index (κ3) is 28.4. The molecule has 0 aromatic carbocycles. The van der Waals surface area contributed by atoms with Gasteiger partial charge in [0.1, 0.15) is 31.0 Å². The molecule has 0 bridgehead atoms. The first-order chi connectivity index (χ1) is 27.8. The summed E-state index contributed by atoms with van der Waals surface area (Å²) in [5.74, 6) is -0.939. The molecule has 0 amide bonds. The molecular formula is C47H72O10. The van der Waals surface area contributed by atoms with Crippen molar-refractivity contribution in [3.63, 3.8) is 0 Å². The highest BCUT2D eigenvalue weighted by Gasteiger charge is 2.44. The van der Waals surface area contributed by atoms with Crippen LogP contribution in [0, 0.1) is 0 Å². The number of esters is 2. The second-order valence-corrected chi connectivity index (χ2v) is 13.7. The van der Waals surface area contributed by atoms with Gasteiger partial charge in [0.2, 0.25) is 0 Å². The number of allylic oxidation sites excluding steroid dienone is 18. The molecule has 0 aliphatic carbocycles. The fourth-order valence-electron chi connectivity index (χ4n) is 5.39. The number of aliphatic hydroxyl groups is 4. The lowest BCUT2D eigenvalue weighted by atomic mass is 9.99. The van der Waals surface area contributed by atoms with E-state index < -0.39 is 55.4 Å².